The van der Waals surface area contributed by atoms with Gasteiger partial charge >= 0.3 is 0 Å². The highest BCUT2D eigenvalue weighted by Crippen LogP contribution is 2.37. The number of fused-ring (bicyclic) bond motifs is 1. The lowest BCUT2D eigenvalue weighted by Gasteiger charge is -2.30. The minimum absolute atomic E-state index is 0.301. The van der Waals surface area contributed by atoms with E-state index >= 15 is 0 Å². The van der Waals surface area contributed by atoms with Gasteiger partial charge in [0.1, 0.15) is 5.69 Å². The zero-order chi connectivity index (χ0) is 23.0. The van der Waals surface area contributed by atoms with E-state index in [1.165, 1.54) is 12.8 Å². The SMILES string of the molecule is Cc1cccc(C(=O)Nc2cc3nn(C4CCC(C(C)C)CC4)cc3cc2C(C)(C)O)n1. The quantitative estimate of drug-likeness (QED) is 0.547. The molecule has 1 aliphatic rings. The van der Waals surface area contributed by atoms with Crippen molar-refractivity contribution in [3.05, 3.63) is 53.5 Å². The van der Waals surface area contributed by atoms with Crippen LogP contribution in [0.15, 0.2) is 36.5 Å². The van der Waals surface area contributed by atoms with Crippen molar-refractivity contribution >= 4 is 22.5 Å². The van der Waals surface area contributed by atoms with Crippen LogP contribution in [-0.2, 0) is 5.60 Å². The molecule has 6 heteroatoms. The van der Waals surface area contributed by atoms with Gasteiger partial charge in [-0.3, -0.25) is 9.48 Å². The largest absolute Gasteiger partial charge is 0.386 e. The van der Waals surface area contributed by atoms with Crippen molar-refractivity contribution in [2.45, 2.75) is 71.9 Å². The van der Waals surface area contributed by atoms with Crippen LogP contribution in [0.1, 0.15) is 81.2 Å². The van der Waals surface area contributed by atoms with E-state index in [4.69, 9.17) is 5.10 Å². The lowest BCUT2D eigenvalue weighted by molar-refractivity contribution is 0.0794. The number of hydrogen-bond donors (Lipinski definition) is 2. The van der Waals surface area contributed by atoms with E-state index in [9.17, 15) is 9.90 Å². The van der Waals surface area contributed by atoms with Gasteiger partial charge in [0.25, 0.3) is 5.91 Å². The Morgan fingerprint density at radius 3 is 2.53 bits per heavy atom. The van der Waals surface area contributed by atoms with E-state index in [1.807, 2.05) is 31.2 Å². The highest BCUT2D eigenvalue weighted by Gasteiger charge is 2.27. The Balaban J connectivity index is 1.64. The molecule has 6 nitrogen and oxygen atoms in total. The smallest absolute Gasteiger partial charge is 0.274 e. The summed E-state index contributed by atoms with van der Waals surface area (Å²) >= 11 is 0. The molecule has 0 bridgehead atoms. The zero-order valence-corrected chi connectivity index (χ0v) is 19.7. The number of aromatic nitrogens is 3. The van der Waals surface area contributed by atoms with Crippen molar-refractivity contribution in [1.82, 2.24) is 14.8 Å². The highest BCUT2D eigenvalue weighted by atomic mass is 16.3. The van der Waals surface area contributed by atoms with E-state index in [-0.39, 0.29) is 5.91 Å². The fourth-order valence-electron chi connectivity index (χ4n) is 4.78. The molecule has 2 aromatic heterocycles. The third kappa shape index (κ3) is 4.70. The van der Waals surface area contributed by atoms with Crippen molar-refractivity contribution in [2.24, 2.45) is 11.8 Å². The fourth-order valence-corrected chi connectivity index (χ4v) is 4.78. The van der Waals surface area contributed by atoms with Gasteiger partial charge in [-0.25, -0.2) is 4.98 Å². The normalized spacial score (nSPS) is 19.5. The second kappa shape index (κ2) is 8.66. The molecule has 2 N–H and O–H groups in total. The van der Waals surface area contributed by atoms with Gasteiger partial charge in [0.15, 0.2) is 0 Å². The maximum Gasteiger partial charge on any atom is 0.274 e. The van der Waals surface area contributed by atoms with Crippen LogP contribution >= 0.6 is 0 Å². The van der Waals surface area contributed by atoms with Gasteiger partial charge in [-0.2, -0.15) is 5.10 Å². The summed E-state index contributed by atoms with van der Waals surface area (Å²) in [6, 6.07) is 9.56. The van der Waals surface area contributed by atoms with Gasteiger partial charge < -0.3 is 10.4 Å². The molecule has 2 heterocycles. The number of hydrogen-bond acceptors (Lipinski definition) is 4. The maximum absolute atomic E-state index is 12.8. The number of aryl methyl sites for hydroxylation is 1. The first-order valence-corrected chi connectivity index (χ1v) is 11.6. The third-order valence-electron chi connectivity index (χ3n) is 6.75. The minimum Gasteiger partial charge on any atom is -0.386 e. The van der Waals surface area contributed by atoms with Crippen LogP contribution in [0, 0.1) is 18.8 Å². The van der Waals surface area contributed by atoms with Crippen molar-refractivity contribution in [2.75, 3.05) is 5.32 Å². The summed E-state index contributed by atoms with van der Waals surface area (Å²) in [6.07, 6.45) is 6.82. The molecule has 0 aliphatic heterocycles. The molecular weight excluding hydrogens is 400 g/mol. The molecule has 0 spiro atoms. The van der Waals surface area contributed by atoms with Crippen molar-refractivity contribution in [1.29, 1.82) is 0 Å². The minimum atomic E-state index is -1.12. The maximum atomic E-state index is 12.8. The first-order chi connectivity index (χ1) is 15.1. The van der Waals surface area contributed by atoms with E-state index in [0.29, 0.717) is 23.0 Å². The summed E-state index contributed by atoms with van der Waals surface area (Å²) in [5, 5.41) is 19.6. The molecule has 1 fully saturated rings. The molecule has 0 atom stereocenters. The summed E-state index contributed by atoms with van der Waals surface area (Å²) < 4.78 is 2.09. The van der Waals surface area contributed by atoms with Crippen LogP contribution in [0.25, 0.3) is 10.9 Å². The van der Waals surface area contributed by atoms with E-state index < -0.39 is 5.60 Å². The average Bonchev–Trinajstić information content (AvgIpc) is 3.15. The second-order valence-electron chi connectivity index (χ2n) is 10.1. The Labute approximate surface area is 190 Å². The molecule has 0 saturated heterocycles. The predicted octanol–water partition coefficient (Wildman–Crippen LogP) is 5.61. The number of nitrogens with one attached hydrogen (secondary N) is 1. The van der Waals surface area contributed by atoms with Crippen LogP contribution in [0.3, 0.4) is 0 Å². The number of carbonyl (C=O) groups excluding carboxylic acids is 1. The van der Waals surface area contributed by atoms with Crippen LogP contribution in [0.5, 0.6) is 0 Å². The summed E-state index contributed by atoms with van der Waals surface area (Å²) in [6.45, 7) is 9.94. The average molecular weight is 435 g/mol. The van der Waals surface area contributed by atoms with Gasteiger partial charge in [0.05, 0.1) is 17.2 Å². The Morgan fingerprint density at radius 1 is 1.19 bits per heavy atom. The van der Waals surface area contributed by atoms with Gasteiger partial charge in [-0.1, -0.05) is 19.9 Å². The first kappa shape index (κ1) is 22.5. The number of aliphatic hydroxyl groups is 1. The summed E-state index contributed by atoms with van der Waals surface area (Å²) in [5.41, 5.74) is 2.05. The van der Waals surface area contributed by atoms with Crippen molar-refractivity contribution < 1.29 is 9.90 Å². The second-order valence-corrected chi connectivity index (χ2v) is 10.1. The van der Waals surface area contributed by atoms with Gasteiger partial charge in [0, 0.05) is 28.5 Å². The van der Waals surface area contributed by atoms with Crippen molar-refractivity contribution in [3.63, 3.8) is 0 Å². The third-order valence-corrected chi connectivity index (χ3v) is 6.75. The summed E-state index contributed by atoms with van der Waals surface area (Å²) in [5.74, 6) is 1.23. The fraction of sp³-hybridized carbons (Fsp3) is 0.500. The highest BCUT2D eigenvalue weighted by molar-refractivity contribution is 6.04. The number of amides is 1. The number of benzene rings is 1. The Kier molecular flexibility index (Phi) is 6.08. The van der Waals surface area contributed by atoms with Crippen LogP contribution < -0.4 is 5.32 Å². The van der Waals surface area contributed by atoms with E-state index in [2.05, 4.69) is 35.0 Å². The standard InChI is InChI=1S/C26H34N4O2/c1-16(2)18-9-11-20(12-10-18)30-15-19-13-21(26(4,5)32)24(14-23(19)29-30)28-25(31)22-8-6-7-17(3)27-22/h6-8,13-16,18,20,32H,9-12H2,1-5H3,(H,28,31). The Morgan fingerprint density at radius 2 is 1.91 bits per heavy atom. The number of carbonyl (C=O) groups is 1. The molecule has 1 aromatic carbocycles. The summed E-state index contributed by atoms with van der Waals surface area (Å²) in [4.78, 5) is 17.2. The van der Waals surface area contributed by atoms with Crippen LogP contribution in [-0.4, -0.2) is 25.8 Å². The lowest BCUT2D eigenvalue weighted by atomic mass is 9.80. The predicted molar refractivity (Wildman–Crippen MR) is 128 cm³/mol. The monoisotopic (exact) mass is 434 g/mol. The van der Waals surface area contributed by atoms with Gasteiger partial charge in [-0.05, 0) is 82.6 Å². The lowest BCUT2D eigenvalue weighted by Crippen LogP contribution is -2.21. The zero-order valence-electron chi connectivity index (χ0n) is 19.7. The van der Waals surface area contributed by atoms with E-state index in [1.54, 1.807) is 19.9 Å². The number of pyridine rings is 1. The molecule has 4 rings (SSSR count). The Bertz CT molecular complexity index is 1120. The van der Waals surface area contributed by atoms with Gasteiger partial charge in [0.2, 0.25) is 0 Å². The van der Waals surface area contributed by atoms with Crippen LogP contribution in [0.2, 0.25) is 0 Å². The molecule has 0 unspecified atom stereocenters. The van der Waals surface area contributed by atoms with Gasteiger partial charge in [-0.15, -0.1) is 0 Å². The summed E-state index contributed by atoms with van der Waals surface area (Å²) in [7, 11) is 0. The number of rotatable bonds is 5. The van der Waals surface area contributed by atoms with Crippen molar-refractivity contribution in [3.8, 4) is 0 Å². The first-order valence-electron chi connectivity index (χ1n) is 11.6. The molecule has 3 aromatic rings. The number of anilines is 1. The molecule has 32 heavy (non-hydrogen) atoms. The molecule has 1 aliphatic carbocycles. The Hall–Kier alpha value is -2.73. The molecule has 1 saturated carbocycles. The molecule has 1 amide bonds. The van der Waals surface area contributed by atoms with Crippen LogP contribution in [0.4, 0.5) is 5.69 Å². The molecule has 0 radical (unpaired) electrons. The molecule has 170 valence electrons. The molecular formula is C26H34N4O2. The topological polar surface area (TPSA) is 80.0 Å². The number of nitrogens with zero attached hydrogens (tertiary/aromatic N) is 3. The van der Waals surface area contributed by atoms with E-state index in [0.717, 1.165) is 41.3 Å².